The minimum atomic E-state index is -0.617. The van der Waals surface area contributed by atoms with Crippen molar-refractivity contribution in [1.82, 2.24) is 0 Å². The summed E-state index contributed by atoms with van der Waals surface area (Å²) in [5, 5.41) is 3.89. The van der Waals surface area contributed by atoms with Crippen molar-refractivity contribution in [2.75, 3.05) is 0 Å². The zero-order chi connectivity index (χ0) is 13.3. The van der Waals surface area contributed by atoms with E-state index in [-0.39, 0.29) is 5.38 Å². The highest BCUT2D eigenvalue weighted by atomic mass is 35.5. The predicted molar refractivity (Wildman–Crippen MR) is 77.5 cm³/mol. The fraction of sp³-hybridized carbons (Fsp3) is 0.188. The molecular formula is C16H14ClNO. The third-order valence-corrected chi connectivity index (χ3v) is 4.10. The van der Waals surface area contributed by atoms with Gasteiger partial charge in [-0.2, -0.15) is 0 Å². The molecule has 2 unspecified atom stereocenters. The van der Waals surface area contributed by atoms with E-state index >= 15 is 0 Å². The van der Waals surface area contributed by atoms with Crippen LogP contribution in [0.1, 0.15) is 18.1 Å². The molecule has 3 heteroatoms. The van der Waals surface area contributed by atoms with E-state index in [0.29, 0.717) is 0 Å². The molecule has 0 aromatic heterocycles. The van der Waals surface area contributed by atoms with Crippen LogP contribution in [0, 0.1) is 0 Å². The predicted octanol–water partition coefficient (Wildman–Crippen LogP) is 3.94. The number of benzene rings is 2. The lowest BCUT2D eigenvalue weighted by atomic mass is 9.88. The highest BCUT2D eigenvalue weighted by molar-refractivity contribution is 6.36. The molecule has 19 heavy (non-hydrogen) atoms. The molecule has 0 N–H and O–H groups in total. The van der Waals surface area contributed by atoms with Crippen LogP contribution >= 0.6 is 11.6 Å². The first kappa shape index (κ1) is 12.2. The molecule has 1 aliphatic heterocycles. The van der Waals surface area contributed by atoms with Crippen LogP contribution in [0.5, 0.6) is 0 Å². The van der Waals surface area contributed by atoms with E-state index in [1.54, 1.807) is 0 Å². The summed E-state index contributed by atoms with van der Waals surface area (Å²) >= 11 is 6.60. The minimum absolute atomic E-state index is 0.308. The second kappa shape index (κ2) is 4.71. The number of hydrogen-bond acceptors (Lipinski definition) is 2. The number of rotatable bonds is 2. The van der Waals surface area contributed by atoms with Crippen LogP contribution in [0.2, 0.25) is 0 Å². The van der Waals surface area contributed by atoms with Crippen molar-refractivity contribution in [3.63, 3.8) is 0 Å². The lowest BCUT2D eigenvalue weighted by Gasteiger charge is -2.25. The van der Waals surface area contributed by atoms with Gasteiger partial charge in [0.25, 0.3) is 0 Å². The van der Waals surface area contributed by atoms with Gasteiger partial charge in [-0.05, 0) is 12.5 Å². The molecule has 2 aromatic rings. The molecule has 96 valence electrons. The molecule has 0 radical (unpaired) electrons. The largest absolute Gasteiger partial charge is 0.382 e. The molecule has 0 bridgehead atoms. The molecule has 0 amide bonds. The van der Waals surface area contributed by atoms with Crippen molar-refractivity contribution in [1.29, 1.82) is 0 Å². The van der Waals surface area contributed by atoms with Gasteiger partial charge in [-0.25, -0.2) is 0 Å². The van der Waals surface area contributed by atoms with Crippen LogP contribution in [0.3, 0.4) is 0 Å². The van der Waals surface area contributed by atoms with Gasteiger partial charge in [0.15, 0.2) is 5.60 Å². The third-order valence-electron chi connectivity index (χ3n) is 3.47. The highest BCUT2D eigenvalue weighted by Crippen LogP contribution is 2.39. The van der Waals surface area contributed by atoms with Gasteiger partial charge in [0.1, 0.15) is 11.1 Å². The third kappa shape index (κ3) is 2.02. The van der Waals surface area contributed by atoms with Gasteiger partial charge in [-0.1, -0.05) is 65.8 Å². The number of nitrogens with zero attached hydrogens (tertiary/aromatic N) is 1. The molecule has 0 saturated carbocycles. The lowest BCUT2D eigenvalue weighted by molar-refractivity contribution is -0.00519. The minimum Gasteiger partial charge on any atom is -0.382 e. The molecule has 2 nitrogen and oxygen atoms in total. The Hall–Kier alpha value is -1.80. The Balaban J connectivity index is 1.95. The molecule has 0 fully saturated rings. The number of hydrogen-bond donors (Lipinski definition) is 0. The maximum Gasteiger partial charge on any atom is 0.181 e. The Labute approximate surface area is 117 Å². The summed E-state index contributed by atoms with van der Waals surface area (Å²) in [6.45, 7) is 1.97. The topological polar surface area (TPSA) is 21.6 Å². The molecular weight excluding hydrogens is 258 g/mol. The summed E-state index contributed by atoms with van der Waals surface area (Å²) in [4.78, 5) is 5.66. The van der Waals surface area contributed by atoms with Gasteiger partial charge < -0.3 is 4.84 Å². The van der Waals surface area contributed by atoms with Gasteiger partial charge in [0, 0.05) is 5.56 Å². The molecule has 1 heterocycles. The summed E-state index contributed by atoms with van der Waals surface area (Å²) in [5.41, 5.74) is 2.20. The van der Waals surface area contributed by atoms with Gasteiger partial charge in [-0.3, -0.25) is 0 Å². The lowest BCUT2D eigenvalue weighted by Crippen LogP contribution is -2.34. The Bertz CT molecular complexity index is 597. The van der Waals surface area contributed by atoms with Crippen molar-refractivity contribution < 1.29 is 4.84 Å². The van der Waals surface area contributed by atoms with E-state index in [0.717, 1.165) is 16.8 Å². The number of halogens is 1. The molecule has 2 atom stereocenters. The number of alkyl halides is 1. The molecule has 0 aliphatic carbocycles. The first-order valence-electron chi connectivity index (χ1n) is 6.23. The van der Waals surface area contributed by atoms with Gasteiger partial charge in [0.2, 0.25) is 0 Å². The zero-order valence-electron chi connectivity index (χ0n) is 10.6. The second-order valence-corrected chi connectivity index (χ2v) is 5.21. The van der Waals surface area contributed by atoms with Crippen LogP contribution in [0.15, 0.2) is 65.8 Å². The quantitative estimate of drug-likeness (QED) is 0.758. The molecule has 0 spiro atoms. The summed E-state index contributed by atoms with van der Waals surface area (Å²) < 4.78 is 0. The Kier molecular flexibility index (Phi) is 3.03. The SMILES string of the molecule is CC1(c2ccccc2)ON=C(c2ccccc2)C1Cl. The second-order valence-electron chi connectivity index (χ2n) is 4.77. The van der Waals surface area contributed by atoms with Crippen molar-refractivity contribution in [3.8, 4) is 0 Å². The van der Waals surface area contributed by atoms with E-state index in [1.807, 2.05) is 67.6 Å². The first-order valence-corrected chi connectivity index (χ1v) is 6.66. The number of oxime groups is 1. The maximum absolute atomic E-state index is 6.60. The highest BCUT2D eigenvalue weighted by Gasteiger charge is 2.45. The zero-order valence-corrected chi connectivity index (χ0v) is 11.3. The summed E-state index contributed by atoms with van der Waals surface area (Å²) in [6.07, 6.45) is 0. The Morgan fingerprint density at radius 2 is 1.58 bits per heavy atom. The maximum atomic E-state index is 6.60. The van der Waals surface area contributed by atoms with Gasteiger partial charge >= 0.3 is 0 Å². The average Bonchev–Trinajstić information content (AvgIpc) is 2.78. The van der Waals surface area contributed by atoms with Crippen molar-refractivity contribution >= 4 is 17.3 Å². The van der Waals surface area contributed by atoms with E-state index in [1.165, 1.54) is 0 Å². The van der Waals surface area contributed by atoms with E-state index in [4.69, 9.17) is 16.4 Å². The summed E-state index contributed by atoms with van der Waals surface area (Å²) in [7, 11) is 0. The standard InChI is InChI=1S/C16H14ClNO/c1-16(13-10-6-3-7-11-13)15(17)14(18-19-16)12-8-4-2-5-9-12/h2-11,15H,1H3. The van der Waals surface area contributed by atoms with Crippen molar-refractivity contribution in [3.05, 3.63) is 71.8 Å². The molecule has 3 rings (SSSR count). The fourth-order valence-corrected chi connectivity index (χ4v) is 2.61. The van der Waals surface area contributed by atoms with E-state index < -0.39 is 5.60 Å². The molecule has 2 aromatic carbocycles. The normalized spacial score (nSPS) is 25.8. The average molecular weight is 272 g/mol. The fourth-order valence-electron chi connectivity index (χ4n) is 2.27. The van der Waals surface area contributed by atoms with Crippen LogP contribution in [-0.4, -0.2) is 11.1 Å². The van der Waals surface area contributed by atoms with Crippen molar-refractivity contribution in [2.45, 2.75) is 17.9 Å². The molecule has 0 saturated heterocycles. The van der Waals surface area contributed by atoms with E-state index in [9.17, 15) is 0 Å². The van der Waals surface area contributed by atoms with Crippen LogP contribution in [-0.2, 0) is 10.4 Å². The summed E-state index contributed by atoms with van der Waals surface area (Å²) in [6, 6.07) is 19.9. The van der Waals surface area contributed by atoms with E-state index in [2.05, 4.69) is 5.16 Å². The van der Waals surface area contributed by atoms with Gasteiger partial charge in [0.05, 0.1) is 0 Å². The van der Waals surface area contributed by atoms with Crippen molar-refractivity contribution in [2.24, 2.45) is 5.16 Å². The Morgan fingerprint density at radius 1 is 1.00 bits per heavy atom. The summed E-state index contributed by atoms with van der Waals surface area (Å²) in [5.74, 6) is 0. The first-order chi connectivity index (χ1) is 9.22. The monoisotopic (exact) mass is 271 g/mol. The smallest absolute Gasteiger partial charge is 0.181 e. The Morgan fingerprint density at radius 3 is 2.21 bits per heavy atom. The van der Waals surface area contributed by atoms with Crippen LogP contribution in [0.4, 0.5) is 0 Å². The van der Waals surface area contributed by atoms with Crippen LogP contribution in [0.25, 0.3) is 0 Å². The van der Waals surface area contributed by atoms with Gasteiger partial charge in [-0.15, -0.1) is 11.6 Å². The van der Waals surface area contributed by atoms with Crippen LogP contribution < -0.4 is 0 Å². The molecule has 1 aliphatic rings.